The predicted octanol–water partition coefficient (Wildman–Crippen LogP) is 2.35. The summed E-state index contributed by atoms with van der Waals surface area (Å²) in [6.45, 7) is 0. The van der Waals surface area contributed by atoms with Crippen molar-refractivity contribution < 1.29 is 19.2 Å². The number of anilines is 1. The lowest BCUT2D eigenvalue weighted by molar-refractivity contribution is -0.385. The molecule has 0 radical (unpaired) electrons. The van der Waals surface area contributed by atoms with Crippen molar-refractivity contribution >= 4 is 41.0 Å². The van der Waals surface area contributed by atoms with E-state index < -0.39 is 16.7 Å². The molecule has 0 aliphatic rings. The van der Waals surface area contributed by atoms with Crippen LogP contribution in [0.15, 0.2) is 47.6 Å². The second-order valence-electron chi connectivity index (χ2n) is 4.81. The van der Waals surface area contributed by atoms with E-state index in [0.717, 1.165) is 6.21 Å². The summed E-state index contributed by atoms with van der Waals surface area (Å²) in [5.74, 6) is -1.76. The fourth-order valence-corrected chi connectivity index (χ4v) is 2.10. The second-order valence-corrected chi connectivity index (χ2v) is 5.25. The van der Waals surface area contributed by atoms with Crippen LogP contribution in [0.3, 0.4) is 0 Å². The Morgan fingerprint density at radius 2 is 1.96 bits per heavy atom. The smallest absolute Gasteiger partial charge is 0.329 e. The van der Waals surface area contributed by atoms with Gasteiger partial charge in [0, 0.05) is 11.1 Å². The molecule has 2 rings (SSSR count). The number of hydrazone groups is 1. The highest BCUT2D eigenvalue weighted by Crippen LogP contribution is 2.27. The highest BCUT2D eigenvalue weighted by molar-refractivity contribution is 6.40. The summed E-state index contributed by atoms with van der Waals surface area (Å²) < 4.78 is 5.06. The molecule has 10 heteroatoms. The number of rotatable bonds is 5. The zero-order valence-corrected chi connectivity index (χ0v) is 14.2. The van der Waals surface area contributed by atoms with E-state index >= 15 is 0 Å². The van der Waals surface area contributed by atoms with Crippen LogP contribution >= 0.6 is 11.6 Å². The summed E-state index contributed by atoms with van der Waals surface area (Å²) in [5, 5.41) is 17.1. The molecule has 0 unspecified atom stereocenters. The van der Waals surface area contributed by atoms with Gasteiger partial charge in [-0.3, -0.25) is 19.7 Å². The molecule has 26 heavy (non-hydrogen) atoms. The lowest BCUT2D eigenvalue weighted by atomic mass is 10.2. The lowest BCUT2D eigenvalue weighted by Crippen LogP contribution is -2.32. The van der Waals surface area contributed by atoms with E-state index in [1.165, 1.54) is 37.4 Å². The Morgan fingerprint density at radius 1 is 1.23 bits per heavy atom. The first-order chi connectivity index (χ1) is 12.4. The monoisotopic (exact) mass is 376 g/mol. The van der Waals surface area contributed by atoms with Crippen LogP contribution in [0.2, 0.25) is 5.02 Å². The third-order valence-corrected chi connectivity index (χ3v) is 3.35. The van der Waals surface area contributed by atoms with E-state index in [4.69, 9.17) is 16.3 Å². The molecule has 2 N–H and O–H groups in total. The van der Waals surface area contributed by atoms with Crippen molar-refractivity contribution in [2.45, 2.75) is 0 Å². The Balaban J connectivity index is 2.03. The van der Waals surface area contributed by atoms with Gasteiger partial charge in [-0.25, -0.2) is 5.43 Å². The minimum atomic E-state index is -1.07. The molecule has 0 fully saturated rings. The molecule has 2 aromatic carbocycles. The minimum absolute atomic E-state index is 0.176. The number of nitrogens with zero attached hydrogens (tertiary/aromatic N) is 2. The number of methoxy groups -OCH3 is 1. The summed E-state index contributed by atoms with van der Waals surface area (Å²) in [4.78, 5) is 34.0. The Kier molecular flexibility index (Phi) is 6.23. The van der Waals surface area contributed by atoms with Crippen LogP contribution in [-0.4, -0.2) is 30.1 Å². The molecule has 0 atom stereocenters. The van der Waals surface area contributed by atoms with Crippen LogP contribution in [0.4, 0.5) is 11.4 Å². The zero-order chi connectivity index (χ0) is 19.1. The van der Waals surface area contributed by atoms with Crippen molar-refractivity contribution in [2.75, 3.05) is 12.4 Å². The first kappa shape index (κ1) is 18.9. The Labute approximate surface area is 152 Å². The van der Waals surface area contributed by atoms with E-state index in [9.17, 15) is 19.7 Å². The van der Waals surface area contributed by atoms with Gasteiger partial charge in [0.2, 0.25) is 0 Å². The molecule has 134 valence electrons. The van der Waals surface area contributed by atoms with E-state index in [1.54, 1.807) is 12.1 Å². The van der Waals surface area contributed by atoms with E-state index in [2.05, 4.69) is 10.4 Å². The molecule has 0 aromatic heterocycles. The number of carbonyl (C=O) groups is 2. The number of nitrogens with one attached hydrogen (secondary N) is 2. The van der Waals surface area contributed by atoms with Crippen LogP contribution in [0.5, 0.6) is 5.75 Å². The van der Waals surface area contributed by atoms with Crippen molar-refractivity contribution in [1.82, 2.24) is 5.43 Å². The van der Waals surface area contributed by atoms with Gasteiger partial charge in [-0.05, 0) is 24.3 Å². The molecule has 2 amide bonds. The average molecular weight is 377 g/mol. The number of halogens is 1. The third kappa shape index (κ3) is 4.77. The molecule has 0 aliphatic heterocycles. The van der Waals surface area contributed by atoms with Crippen molar-refractivity contribution in [3.63, 3.8) is 0 Å². The van der Waals surface area contributed by atoms with Gasteiger partial charge in [0.05, 0.1) is 29.5 Å². The molecule has 0 spiro atoms. The summed E-state index contributed by atoms with van der Waals surface area (Å²) in [5.41, 5.74) is 2.20. The fourth-order valence-electron chi connectivity index (χ4n) is 1.93. The normalized spacial score (nSPS) is 10.4. The standard InChI is InChI=1S/C16H13ClN4O5/c1-26-14-7-6-11(17)8-12(14)19-15(22)16(23)20-18-9-10-4-2-3-5-13(10)21(24)25/h2-9H,1H3,(H,19,22)(H,20,23)/b18-9+. The molecule has 0 aliphatic carbocycles. The first-order valence-corrected chi connectivity index (χ1v) is 7.51. The Morgan fingerprint density at radius 3 is 2.65 bits per heavy atom. The van der Waals surface area contributed by atoms with Crippen LogP contribution in [0, 0.1) is 10.1 Å². The van der Waals surface area contributed by atoms with E-state index in [1.807, 2.05) is 5.43 Å². The summed E-state index contributed by atoms with van der Waals surface area (Å²) >= 11 is 5.84. The Bertz CT molecular complexity index is 885. The van der Waals surface area contributed by atoms with Crippen molar-refractivity contribution in [3.05, 3.63) is 63.2 Å². The number of nitro benzene ring substituents is 1. The molecule has 0 saturated heterocycles. The highest BCUT2D eigenvalue weighted by Gasteiger charge is 2.16. The maximum Gasteiger partial charge on any atom is 0.329 e. The Hall–Kier alpha value is -3.46. The van der Waals surface area contributed by atoms with Crippen LogP contribution in [-0.2, 0) is 9.59 Å². The number of para-hydroxylation sites is 1. The fraction of sp³-hybridized carbons (Fsp3) is 0.0625. The van der Waals surface area contributed by atoms with Gasteiger partial charge >= 0.3 is 11.8 Å². The van der Waals surface area contributed by atoms with Gasteiger partial charge in [-0.15, -0.1) is 0 Å². The van der Waals surface area contributed by atoms with Gasteiger partial charge in [-0.1, -0.05) is 23.7 Å². The molecule has 0 heterocycles. The number of nitro groups is 1. The van der Waals surface area contributed by atoms with Crippen molar-refractivity contribution in [2.24, 2.45) is 5.10 Å². The number of hydrogen-bond donors (Lipinski definition) is 2. The van der Waals surface area contributed by atoms with Crippen molar-refractivity contribution in [3.8, 4) is 5.75 Å². The van der Waals surface area contributed by atoms with Gasteiger partial charge in [0.15, 0.2) is 0 Å². The molecular weight excluding hydrogens is 364 g/mol. The van der Waals surface area contributed by atoms with Gasteiger partial charge in [0.25, 0.3) is 5.69 Å². The summed E-state index contributed by atoms with van der Waals surface area (Å²) in [6, 6.07) is 10.3. The van der Waals surface area contributed by atoms with Crippen LogP contribution < -0.4 is 15.5 Å². The molecule has 9 nitrogen and oxygen atoms in total. The maximum atomic E-state index is 11.9. The topological polar surface area (TPSA) is 123 Å². The quantitative estimate of drug-likeness (QED) is 0.359. The lowest BCUT2D eigenvalue weighted by Gasteiger charge is -2.09. The second kappa shape index (κ2) is 8.58. The van der Waals surface area contributed by atoms with Gasteiger partial charge in [-0.2, -0.15) is 5.10 Å². The van der Waals surface area contributed by atoms with E-state index in [0.29, 0.717) is 10.8 Å². The molecule has 2 aromatic rings. The van der Waals surface area contributed by atoms with Crippen LogP contribution in [0.25, 0.3) is 0 Å². The van der Waals surface area contributed by atoms with Crippen molar-refractivity contribution in [1.29, 1.82) is 0 Å². The highest BCUT2D eigenvalue weighted by atomic mass is 35.5. The predicted molar refractivity (Wildman–Crippen MR) is 95.5 cm³/mol. The zero-order valence-electron chi connectivity index (χ0n) is 13.4. The molecule has 0 bridgehead atoms. The van der Waals surface area contributed by atoms with Gasteiger partial charge < -0.3 is 10.1 Å². The number of amides is 2. The third-order valence-electron chi connectivity index (χ3n) is 3.12. The first-order valence-electron chi connectivity index (χ1n) is 7.13. The number of hydrogen-bond acceptors (Lipinski definition) is 6. The summed E-state index contributed by atoms with van der Waals surface area (Å²) in [7, 11) is 1.40. The number of carbonyl (C=O) groups excluding carboxylic acids is 2. The van der Waals surface area contributed by atoms with Gasteiger partial charge in [0.1, 0.15) is 5.75 Å². The summed E-state index contributed by atoms with van der Waals surface area (Å²) in [6.07, 6.45) is 1.07. The number of ether oxygens (including phenoxy) is 1. The van der Waals surface area contributed by atoms with Crippen LogP contribution in [0.1, 0.15) is 5.56 Å². The largest absolute Gasteiger partial charge is 0.495 e. The molecule has 0 saturated carbocycles. The SMILES string of the molecule is COc1ccc(Cl)cc1NC(=O)C(=O)N/N=C/c1ccccc1[N+](=O)[O-]. The molecular formula is C16H13ClN4O5. The van der Waals surface area contributed by atoms with E-state index in [-0.39, 0.29) is 16.9 Å². The number of benzene rings is 2. The minimum Gasteiger partial charge on any atom is -0.495 e. The average Bonchev–Trinajstić information content (AvgIpc) is 2.62. The maximum absolute atomic E-state index is 11.9.